The summed E-state index contributed by atoms with van der Waals surface area (Å²) in [4.78, 5) is 24.4. The summed E-state index contributed by atoms with van der Waals surface area (Å²) in [5, 5.41) is 8.63. The number of ketones is 1. The number of nitrogens with one attached hydrogen (secondary N) is 1. The molecule has 3 aromatic rings. The molecule has 0 saturated carbocycles. The molecule has 0 aliphatic rings. The van der Waals surface area contributed by atoms with Crippen molar-refractivity contribution in [2.75, 3.05) is 5.32 Å². The Kier molecular flexibility index (Phi) is 4.34. The van der Waals surface area contributed by atoms with Crippen LogP contribution in [-0.4, -0.2) is 16.8 Å². The highest BCUT2D eigenvalue weighted by atomic mass is 32.1. The molecule has 0 aliphatic heterocycles. The van der Waals surface area contributed by atoms with Crippen LogP contribution in [0.1, 0.15) is 23.0 Å². The molecule has 116 valence electrons. The maximum absolute atomic E-state index is 12.1. The van der Waals surface area contributed by atoms with E-state index in [0.29, 0.717) is 22.7 Å². The predicted octanol–water partition coefficient (Wildman–Crippen LogP) is 3.79. The fourth-order valence-electron chi connectivity index (χ4n) is 2.12. The third-order valence-corrected chi connectivity index (χ3v) is 4.10. The molecule has 1 amide bonds. The molecule has 23 heavy (non-hydrogen) atoms. The number of hydrogen-bond acceptors (Lipinski definition) is 5. The Labute approximate surface area is 136 Å². The second-order valence-electron chi connectivity index (χ2n) is 5.02. The highest BCUT2D eigenvalue weighted by Crippen LogP contribution is 2.25. The van der Waals surface area contributed by atoms with Gasteiger partial charge in [-0.15, -0.1) is 11.3 Å². The number of amides is 1. The molecule has 0 spiro atoms. The Bertz CT molecular complexity index is 837. The Balaban J connectivity index is 1.66. The van der Waals surface area contributed by atoms with Crippen LogP contribution in [0.3, 0.4) is 0 Å². The van der Waals surface area contributed by atoms with Gasteiger partial charge in [-0.2, -0.15) is 0 Å². The average molecular weight is 326 g/mol. The van der Waals surface area contributed by atoms with Crippen LogP contribution >= 0.6 is 11.3 Å². The molecule has 5 nitrogen and oxygen atoms in total. The van der Waals surface area contributed by atoms with Crippen LogP contribution < -0.4 is 5.32 Å². The molecule has 0 aliphatic carbocycles. The topological polar surface area (TPSA) is 72.2 Å². The molecule has 0 bridgehead atoms. The van der Waals surface area contributed by atoms with E-state index in [1.165, 1.54) is 6.92 Å². The van der Waals surface area contributed by atoms with Crippen molar-refractivity contribution in [1.82, 2.24) is 5.16 Å². The van der Waals surface area contributed by atoms with Crippen molar-refractivity contribution in [1.29, 1.82) is 0 Å². The first-order chi connectivity index (χ1) is 11.1. The minimum absolute atomic E-state index is 0.0433. The molecule has 0 atom stereocenters. The lowest BCUT2D eigenvalue weighted by Gasteiger charge is -2.05. The van der Waals surface area contributed by atoms with Gasteiger partial charge in [-0.3, -0.25) is 9.59 Å². The van der Waals surface area contributed by atoms with E-state index in [1.54, 1.807) is 41.7 Å². The summed E-state index contributed by atoms with van der Waals surface area (Å²) in [5.41, 5.74) is 1.71. The van der Waals surface area contributed by atoms with Gasteiger partial charge in [0.2, 0.25) is 5.91 Å². The van der Waals surface area contributed by atoms with Crippen LogP contribution in [0, 0.1) is 0 Å². The molecule has 0 radical (unpaired) electrons. The second kappa shape index (κ2) is 6.58. The number of thiophene rings is 1. The van der Waals surface area contributed by atoms with Crippen LogP contribution in [0.25, 0.3) is 10.6 Å². The first kappa shape index (κ1) is 15.2. The molecule has 3 rings (SSSR count). The van der Waals surface area contributed by atoms with Crippen molar-refractivity contribution in [2.45, 2.75) is 13.3 Å². The summed E-state index contributed by atoms with van der Waals surface area (Å²) < 4.78 is 5.25. The third kappa shape index (κ3) is 3.73. The number of carbonyl (C=O) groups excluding carboxylic acids is 2. The summed E-state index contributed by atoms with van der Waals surface area (Å²) in [7, 11) is 0. The molecule has 6 heteroatoms. The van der Waals surface area contributed by atoms with Gasteiger partial charge >= 0.3 is 0 Å². The largest absolute Gasteiger partial charge is 0.355 e. The number of benzene rings is 1. The van der Waals surface area contributed by atoms with Crippen LogP contribution in [0.4, 0.5) is 5.69 Å². The molecule has 0 fully saturated rings. The molecule has 2 aromatic heterocycles. The Morgan fingerprint density at radius 3 is 2.83 bits per heavy atom. The first-order valence-corrected chi connectivity index (χ1v) is 7.90. The number of anilines is 1. The minimum Gasteiger partial charge on any atom is -0.355 e. The van der Waals surface area contributed by atoms with Crippen molar-refractivity contribution in [2.24, 2.45) is 0 Å². The average Bonchev–Trinajstić information content (AvgIpc) is 3.18. The maximum atomic E-state index is 12.1. The molecule has 0 unspecified atom stereocenters. The Morgan fingerprint density at radius 2 is 2.09 bits per heavy atom. The zero-order valence-electron chi connectivity index (χ0n) is 12.4. The molecule has 1 aromatic carbocycles. The number of hydrogen-bond donors (Lipinski definition) is 1. The summed E-state index contributed by atoms with van der Waals surface area (Å²) in [6.45, 7) is 1.49. The van der Waals surface area contributed by atoms with Crippen molar-refractivity contribution in [3.63, 3.8) is 0 Å². The van der Waals surface area contributed by atoms with Gasteiger partial charge in [0.1, 0.15) is 0 Å². The smallest absolute Gasteiger partial charge is 0.230 e. The van der Waals surface area contributed by atoms with E-state index < -0.39 is 0 Å². The van der Waals surface area contributed by atoms with E-state index in [4.69, 9.17) is 4.52 Å². The predicted molar refractivity (Wildman–Crippen MR) is 88.6 cm³/mol. The van der Waals surface area contributed by atoms with E-state index in [-0.39, 0.29) is 18.1 Å². The number of rotatable bonds is 5. The summed E-state index contributed by atoms with van der Waals surface area (Å²) in [5.74, 6) is 0.399. The van der Waals surface area contributed by atoms with Crippen LogP contribution in [-0.2, 0) is 11.2 Å². The quantitative estimate of drug-likeness (QED) is 0.724. The minimum atomic E-state index is -0.211. The lowest BCUT2D eigenvalue weighted by Crippen LogP contribution is -2.14. The highest BCUT2D eigenvalue weighted by molar-refractivity contribution is 7.13. The van der Waals surface area contributed by atoms with Gasteiger partial charge in [0.25, 0.3) is 0 Å². The van der Waals surface area contributed by atoms with Crippen molar-refractivity contribution < 1.29 is 14.1 Å². The lowest BCUT2D eigenvalue weighted by atomic mass is 10.1. The monoisotopic (exact) mass is 326 g/mol. The van der Waals surface area contributed by atoms with Gasteiger partial charge < -0.3 is 9.84 Å². The number of aromatic nitrogens is 1. The zero-order valence-corrected chi connectivity index (χ0v) is 13.2. The van der Waals surface area contributed by atoms with Crippen LogP contribution in [0.5, 0.6) is 0 Å². The summed E-state index contributed by atoms with van der Waals surface area (Å²) >= 11 is 1.55. The number of nitrogens with zero attached hydrogens (tertiary/aromatic N) is 1. The van der Waals surface area contributed by atoms with E-state index in [2.05, 4.69) is 10.5 Å². The van der Waals surface area contributed by atoms with E-state index in [0.717, 1.165) is 4.88 Å². The second-order valence-corrected chi connectivity index (χ2v) is 5.97. The van der Waals surface area contributed by atoms with Gasteiger partial charge in [0.05, 0.1) is 17.0 Å². The molecule has 1 N–H and O–H groups in total. The van der Waals surface area contributed by atoms with Crippen molar-refractivity contribution >= 4 is 28.7 Å². The zero-order chi connectivity index (χ0) is 16.2. The molecule has 2 heterocycles. The highest BCUT2D eigenvalue weighted by Gasteiger charge is 2.12. The fraction of sp³-hybridized carbons (Fsp3) is 0.118. The van der Waals surface area contributed by atoms with E-state index in [9.17, 15) is 9.59 Å². The number of Topliss-reactive ketones (excluding diaryl/α,β-unsaturated/α-hetero) is 1. The van der Waals surface area contributed by atoms with Crippen molar-refractivity contribution in [3.05, 3.63) is 59.1 Å². The summed E-state index contributed by atoms with van der Waals surface area (Å²) in [6.07, 6.45) is 0.110. The third-order valence-electron chi connectivity index (χ3n) is 3.22. The first-order valence-electron chi connectivity index (χ1n) is 7.02. The Morgan fingerprint density at radius 1 is 1.22 bits per heavy atom. The van der Waals surface area contributed by atoms with Crippen LogP contribution in [0.15, 0.2) is 52.4 Å². The molecular weight excluding hydrogens is 312 g/mol. The summed E-state index contributed by atoms with van der Waals surface area (Å²) in [6, 6.07) is 12.5. The van der Waals surface area contributed by atoms with Gasteiger partial charge in [-0.25, -0.2) is 0 Å². The van der Waals surface area contributed by atoms with Gasteiger partial charge in [-0.05, 0) is 30.5 Å². The number of carbonyl (C=O) groups is 2. The maximum Gasteiger partial charge on any atom is 0.230 e. The van der Waals surface area contributed by atoms with E-state index in [1.807, 2.05) is 17.5 Å². The van der Waals surface area contributed by atoms with E-state index >= 15 is 0 Å². The Hall–Kier alpha value is -2.73. The SMILES string of the molecule is CC(=O)c1cccc(NC(=O)Cc2cc(-c3cccs3)on2)c1. The van der Waals surface area contributed by atoms with Crippen molar-refractivity contribution in [3.8, 4) is 10.6 Å². The van der Waals surface area contributed by atoms with Gasteiger partial charge in [0, 0.05) is 17.3 Å². The normalized spacial score (nSPS) is 10.5. The lowest BCUT2D eigenvalue weighted by molar-refractivity contribution is -0.115. The fourth-order valence-corrected chi connectivity index (χ4v) is 2.79. The van der Waals surface area contributed by atoms with Crippen LogP contribution in [0.2, 0.25) is 0 Å². The standard InChI is InChI=1S/C17H14N2O3S/c1-11(20)12-4-2-5-13(8-12)18-17(21)10-14-9-15(22-19-14)16-6-3-7-23-16/h2-9H,10H2,1H3,(H,18,21). The molecular formula is C17H14N2O3S. The van der Waals surface area contributed by atoms with Gasteiger partial charge in [0.15, 0.2) is 11.5 Å². The van der Waals surface area contributed by atoms with Gasteiger partial charge in [-0.1, -0.05) is 23.4 Å². The molecule has 0 saturated heterocycles.